The number of amides is 1. The molecule has 0 saturated carbocycles. The van der Waals surface area contributed by atoms with E-state index in [1.54, 1.807) is 13.0 Å². The van der Waals surface area contributed by atoms with E-state index in [9.17, 15) is 9.59 Å². The number of nitrogens with one attached hydrogen (secondary N) is 1. The number of thiophene rings is 1. The van der Waals surface area contributed by atoms with Crippen LogP contribution in [0.3, 0.4) is 0 Å². The van der Waals surface area contributed by atoms with Crippen molar-refractivity contribution >= 4 is 27.5 Å². The van der Waals surface area contributed by atoms with E-state index in [0.717, 1.165) is 17.6 Å². The Morgan fingerprint density at radius 2 is 2.35 bits per heavy atom. The highest BCUT2D eigenvalue weighted by Crippen LogP contribution is 2.22. The van der Waals surface area contributed by atoms with Crippen LogP contribution in [0.5, 0.6) is 0 Å². The zero-order valence-corrected chi connectivity index (χ0v) is 13.6. The molecule has 0 aromatic carbocycles. The van der Waals surface area contributed by atoms with Crippen LogP contribution in [0.2, 0.25) is 0 Å². The average Bonchev–Trinajstić information content (AvgIpc) is 3.15. The molecule has 1 N–H and O–H groups in total. The van der Waals surface area contributed by atoms with Crippen LogP contribution in [0.15, 0.2) is 50.5 Å². The normalized spacial score (nSPS) is 15.3. The molecule has 23 heavy (non-hydrogen) atoms. The second kappa shape index (κ2) is 6.34. The highest BCUT2D eigenvalue weighted by molar-refractivity contribution is 7.16. The van der Waals surface area contributed by atoms with Gasteiger partial charge in [0.2, 0.25) is 11.8 Å². The fraction of sp³-hybridized carbons (Fsp3) is 0.235. The Balaban J connectivity index is 1.75. The van der Waals surface area contributed by atoms with E-state index < -0.39 is 11.7 Å². The molecule has 0 radical (unpaired) electrons. The Bertz CT molecular complexity index is 902. The first-order chi connectivity index (χ1) is 11.0. The fourth-order valence-corrected chi connectivity index (χ4v) is 3.22. The van der Waals surface area contributed by atoms with Crippen molar-refractivity contribution in [2.75, 3.05) is 0 Å². The summed E-state index contributed by atoms with van der Waals surface area (Å²) >= 11 is 1.39. The van der Waals surface area contributed by atoms with Gasteiger partial charge in [0.1, 0.15) is 10.9 Å². The number of nitrogens with zero attached hydrogens (tertiary/aromatic N) is 1. The lowest BCUT2D eigenvalue weighted by Crippen LogP contribution is -2.26. The van der Waals surface area contributed by atoms with Crippen molar-refractivity contribution in [3.8, 4) is 0 Å². The van der Waals surface area contributed by atoms with E-state index >= 15 is 0 Å². The summed E-state index contributed by atoms with van der Waals surface area (Å²) in [7, 11) is 0. The number of hydrogen-bond acceptors (Lipinski definition) is 5. The zero-order valence-electron chi connectivity index (χ0n) is 12.8. The minimum Gasteiger partial charge on any atom is -0.406 e. The molecule has 0 spiro atoms. The maximum atomic E-state index is 12.0. The average molecular weight is 328 g/mol. The smallest absolute Gasteiger partial charge is 0.348 e. The molecule has 1 aliphatic rings. The maximum Gasteiger partial charge on any atom is 0.348 e. The third-order valence-corrected chi connectivity index (χ3v) is 4.52. The van der Waals surface area contributed by atoms with Gasteiger partial charge in [0, 0.05) is 6.08 Å². The number of carbonyl (C=O) groups excluding carboxylic acids is 1. The van der Waals surface area contributed by atoms with Gasteiger partial charge in [0.05, 0.1) is 5.39 Å². The summed E-state index contributed by atoms with van der Waals surface area (Å²) in [6.45, 7) is 3.58. The molecule has 0 bridgehead atoms. The molecule has 5 nitrogen and oxygen atoms in total. The SMILES string of the molecule is Cc1csc2nc(C(C)NC(=O)/C=C/C3=CCC=C3)oc(=O)c12. The molecular formula is C17H16N2O3S. The Kier molecular flexibility index (Phi) is 4.25. The highest BCUT2D eigenvalue weighted by atomic mass is 32.1. The number of fused-ring (bicyclic) bond motifs is 1. The molecule has 118 valence electrons. The number of aromatic nitrogens is 1. The van der Waals surface area contributed by atoms with Crippen molar-refractivity contribution in [2.24, 2.45) is 0 Å². The first kappa shape index (κ1) is 15.4. The number of rotatable bonds is 4. The summed E-state index contributed by atoms with van der Waals surface area (Å²) in [5.74, 6) is -0.0447. The summed E-state index contributed by atoms with van der Waals surface area (Å²) in [6, 6.07) is -0.486. The molecule has 2 heterocycles. The largest absolute Gasteiger partial charge is 0.406 e. The van der Waals surface area contributed by atoms with Gasteiger partial charge in [0.15, 0.2) is 0 Å². The molecule has 3 rings (SSSR count). The van der Waals surface area contributed by atoms with Gasteiger partial charge in [-0.2, -0.15) is 0 Å². The molecule has 6 heteroatoms. The summed E-state index contributed by atoms with van der Waals surface area (Å²) in [6.07, 6.45) is 10.1. The lowest BCUT2D eigenvalue weighted by Gasteiger charge is -2.10. The summed E-state index contributed by atoms with van der Waals surface area (Å²) in [5, 5.41) is 5.13. The highest BCUT2D eigenvalue weighted by Gasteiger charge is 2.16. The van der Waals surface area contributed by atoms with Crippen LogP contribution in [0.1, 0.15) is 30.8 Å². The van der Waals surface area contributed by atoms with Gasteiger partial charge in [-0.1, -0.05) is 18.2 Å². The summed E-state index contributed by atoms with van der Waals surface area (Å²) < 4.78 is 5.25. The number of hydrogen-bond donors (Lipinski definition) is 1. The maximum absolute atomic E-state index is 12.0. The quantitative estimate of drug-likeness (QED) is 0.875. The third kappa shape index (κ3) is 3.32. The topological polar surface area (TPSA) is 72.2 Å². The molecule has 1 atom stereocenters. The van der Waals surface area contributed by atoms with Crippen LogP contribution in [-0.2, 0) is 4.79 Å². The van der Waals surface area contributed by atoms with E-state index in [1.807, 2.05) is 30.5 Å². The molecule has 1 unspecified atom stereocenters. The third-order valence-electron chi connectivity index (χ3n) is 3.52. The first-order valence-corrected chi connectivity index (χ1v) is 8.16. The van der Waals surface area contributed by atoms with Crippen LogP contribution < -0.4 is 10.9 Å². The van der Waals surface area contributed by atoms with Gasteiger partial charge >= 0.3 is 5.63 Å². The number of aryl methyl sites for hydroxylation is 1. The van der Waals surface area contributed by atoms with Crippen molar-refractivity contribution in [2.45, 2.75) is 26.3 Å². The molecule has 0 fully saturated rings. The molecule has 0 saturated heterocycles. The number of carbonyl (C=O) groups is 1. The second-order valence-electron chi connectivity index (χ2n) is 5.34. The van der Waals surface area contributed by atoms with Gasteiger partial charge in [-0.25, -0.2) is 9.78 Å². The molecule has 0 aliphatic heterocycles. The van der Waals surface area contributed by atoms with Crippen molar-refractivity contribution in [1.29, 1.82) is 0 Å². The van der Waals surface area contributed by atoms with Crippen molar-refractivity contribution < 1.29 is 9.21 Å². The molecule has 1 aliphatic carbocycles. The van der Waals surface area contributed by atoms with Crippen LogP contribution in [0.25, 0.3) is 10.2 Å². The van der Waals surface area contributed by atoms with Crippen LogP contribution in [0, 0.1) is 6.92 Å². The van der Waals surface area contributed by atoms with E-state index in [2.05, 4.69) is 10.3 Å². The zero-order chi connectivity index (χ0) is 16.4. The van der Waals surface area contributed by atoms with Crippen LogP contribution in [-0.4, -0.2) is 10.9 Å². The number of allylic oxidation sites excluding steroid dienone is 5. The standard InChI is InChI=1S/C17H16N2O3S/c1-10-9-23-16-14(10)17(21)22-15(19-16)11(2)18-13(20)8-7-12-5-3-4-6-12/h3,5-9,11H,4H2,1-2H3,(H,18,20)/b8-7+. The van der Waals surface area contributed by atoms with E-state index in [4.69, 9.17) is 4.42 Å². The van der Waals surface area contributed by atoms with Crippen molar-refractivity contribution in [1.82, 2.24) is 10.3 Å². The predicted octanol–water partition coefficient (Wildman–Crippen LogP) is 3.18. The Morgan fingerprint density at radius 3 is 3.09 bits per heavy atom. The Labute approximate surface area is 137 Å². The first-order valence-electron chi connectivity index (χ1n) is 7.28. The summed E-state index contributed by atoms with van der Waals surface area (Å²) in [5.41, 5.74) is 1.45. The minimum atomic E-state index is -0.486. The van der Waals surface area contributed by atoms with Gasteiger partial charge in [-0.3, -0.25) is 4.79 Å². The molecular weight excluding hydrogens is 312 g/mol. The summed E-state index contributed by atoms with van der Waals surface area (Å²) in [4.78, 5) is 28.9. The Morgan fingerprint density at radius 1 is 1.52 bits per heavy atom. The second-order valence-corrected chi connectivity index (χ2v) is 6.20. The fourth-order valence-electron chi connectivity index (χ4n) is 2.31. The molecule has 2 aromatic rings. The van der Waals surface area contributed by atoms with Crippen LogP contribution >= 0.6 is 11.3 Å². The monoisotopic (exact) mass is 328 g/mol. The van der Waals surface area contributed by atoms with Gasteiger partial charge in [-0.15, -0.1) is 11.3 Å². The van der Waals surface area contributed by atoms with Crippen molar-refractivity contribution in [3.63, 3.8) is 0 Å². The molecule has 2 aromatic heterocycles. The van der Waals surface area contributed by atoms with Crippen molar-refractivity contribution in [3.05, 3.63) is 63.2 Å². The van der Waals surface area contributed by atoms with E-state index in [-0.39, 0.29) is 11.8 Å². The lowest BCUT2D eigenvalue weighted by molar-refractivity contribution is -0.117. The minimum absolute atomic E-state index is 0.214. The van der Waals surface area contributed by atoms with E-state index in [1.165, 1.54) is 17.4 Å². The Hall–Kier alpha value is -2.47. The molecule has 1 amide bonds. The predicted molar refractivity (Wildman–Crippen MR) is 90.4 cm³/mol. The lowest BCUT2D eigenvalue weighted by atomic mass is 10.2. The van der Waals surface area contributed by atoms with Gasteiger partial charge in [0.25, 0.3) is 0 Å². The van der Waals surface area contributed by atoms with E-state index in [0.29, 0.717) is 10.2 Å². The van der Waals surface area contributed by atoms with Gasteiger partial charge in [-0.05, 0) is 42.9 Å². The van der Waals surface area contributed by atoms with Crippen LogP contribution in [0.4, 0.5) is 0 Å². The van der Waals surface area contributed by atoms with Gasteiger partial charge < -0.3 is 9.73 Å².